The third-order valence-electron chi connectivity index (χ3n) is 5.71. The Hall–Kier alpha value is -2.53. The molecule has 0 saturated heterocycles. The summed E-state index contributed by atoms with van der Waals surface area (Å²) in [6, 6.07) is 14.5. The van der Waals surface area contributed by atoms with E-state index in [0.29, 0.717) is 10.8 Å². The highest BCUT2D eigenvalue weighted by atomic mass is 35.5. The van der Waals surface area contributed by atoms with Gasteiger partial charge in [0, 0.05) is 17.6 Å². The lowest BCUT2D eigenvalue weighted by atomic mass is 9.95. The summed E-state index contributed by atoms with van der Waals surface area (Å²) in [5.74, 6) is 0.265. The van der Waals surface area contributed by atoms with E-state index >= 15 is 0 Å². The van der Waals surface area contributed by atoms with Gasteiger partial charge in [0.25, 0.3) is 5.91 Å². The normalized spacial score (nSPS) is 15.2. The fourth-order valence-electron chi connectivity index (χ4n) is 3.92. The maximum atomic E-state index is 13.1. The van der Waals surface area contributed by atoms with Crippen molar-refractivity contribution in [3.63, 3.8) is 0 Å². The molecule has 6 heteroatoms. The van der Waals surface area contributed by atoms with Gasteiger partial charge in [-0.25, -0.2) is 0 Å². The molecular formula is C25H31ClN2O3. The Morgan fingerprint density at radius 2 is 1.87 bits per heavy atom. The van der Waals surface area contributed by atoms with Gasteiger partial charge in [-0.05, 0) is 62.1 Å². The Bertz CT molecular complexity index is 896. The highest BCUT2D eigenvalue weighted by Gasteiger charge is 2.28. The maximum absolute atomic E-state index is 13.1. The zero-order chi connectivity index (χ0) is 22.2. The van der Waals surface area contributed by atoms with Gasteiger partial charge >= 0.3 is 0 Å². The molecule has 0 aliphatic heterocycles. The largest absolute Gasteiger partial charge is 0.484 e. The molecule has 1 aliphatic carbocycles. The van der Waals surface area contributed by atoms with Crippen molar-refractivity contribution >= 4 is 23.4 Å². The number of aryl methyl sites for hydroxylation is 1. The average molecular weight is 443 g/mol. The molecule has 1 N–H and O–H groups in total. The summed E-state index contributed by atoms with van der Waals surface area (Å²) < 4.78 is 5.72. The summed E-state index contributed by atoms with van der Waals surface area (Å²) in [6.07, 6.45) is 5.48. The molecule has 166 valence electrons. The quantitative estimate of drug-likeness (QED) is 0.633. The van der Waals surface area contributed by atoms with Crippen LogP contribution in [0.4, 0.5) is 0 Å². The Kier molecular flexibility index (Phi) is 8.35. The van der Waals surface area contributed by atoms with Gasteiger partial charge in [0.05, 0.1) is 0 Å². The molecule has 0 spiro atoms. The number of carbonyl (C=O) groups excluding carboxylic acids is 2. The summed E-state index contributed by atoms with van der Waals surface area (Å²) in [5.41, 5.74) is 1.93. The van der Waals surface area contributed by atoms with Gasteiger partial charge in [-0.3, -0.25) is 9.59 Å². The molecule has 0 unspecified atom stereocenters. The topological polar surface area (TPSA) is 58.6 Å². The van der Waals surface area contributed by atoms with Crippen LogP contribution >= 0.6 is 11.6 Å². The van der Waals surface area contributed by atoms with Crippen molar-refractivity contribution in [3.8, 4) is 5.75 Å². The molecule has 2 amide bonds. The smallest absolute Gasteiger partial charge is 0.261 e. The second-order valence-corrected chi connectivity index (χ2v) is 8.71. The number of nitrogens with one attached hydrogen (secondary N) is 1. The molecule has 2 aromatic rings. The minimum atomic E-state index is -0.616. The number of benzene rings is 2. The summed E-state index contributed by atoms with van der Waals surface area (Å²) in [5, 5.41) is 3.73. The van der Waals surface area contributed by atoms with E-state index in [0.717, 1.165) is 36.8 Å². The maximum Gasteiger partial charge on any atom is 0.261 e. The first-order valence-electron chi connectivity index (χ1n) is 11.0. The van der Waals surface area contributed by atoms with Crippen molar-refractivity contribution in [2.75, 3.05) is 6.61 Å². The average Bonchev–Trinajstić information content (AvgIpc) is 2.76. The monoisotopic (exact) mass is 442 g/mol. The van der Waals surface area contributed by atoms with Crippen LogP contribution in [0.5, 0.6) is 5.75 Å². The molecule has 31 heavy (non-hydrogen) atoms. The lowest BCUT2D eigenvalue weighted by Gasteiger charge is -2.31. The molecular weight excluding hydrogens is 412 g/mol. The molecule has 0 aromatic heterocycles. The van der Waals surface area contributed by atoms with Crippen molar-refractivity contribution in [2.24, 2.45) is 0 Å². The lowest BCUT2D eigenvalue weighted by molar-refractivity contribution is -0.142. The lowest BCUT2D eigenvalue weighted by Crippen LogP contribution is -2.51. The minimum Gasteiger partial charge on any atom is -0.484 e. The Morgan fingerprint density at radius 1 is 1.13 bits per heavy atom. The highest BCUT2D eigenvalue weighted by Crippen LogP contribution is 2.19. The van der Waals surface area contributed by atoms with E-state index in [9.17, 15) is 9.59 Å². The number of nitrogens with zero attached hydrogens (tertiary/aromatic N) is 1. The third-order valence-corrected chi connectivity index (χ3v) is 5.95. The van der Waals surface area contributed by atoms with E-state index in [1.54, 1.807) is 17.9 Å². The van der Waals surface area contributed by atoms with Gasteiger partial charge in [-0.1, -0.05) is 55.1 Å². The molecule has 0 radical (unpaired) electrons. The first-order chi connectivity index (χ1) is 14.9. The van der Waals surface area contributed by atoms with Crippen molar-refractivity contribution in [3.05, 3.63) is 64.7 Å². The van der Waals surface area contributed by atoms with Crippen molar-refractivity contribution in [1.82, 2.24) is 10.2 Å². The van der Waals surface area contributed by atoms with Crippen molar-refractivity contribution < 1.29 is 14.3 Å². The minimum absolute atomic E-state index is 0.127. The van der Waals surface area contributed by atoms with Crippen LogP contribution in [0.1, 0.15) is 50.2 Å². The SMILES string of the molecule is Cc1cccc(OCC(=O)N(Cc2cccc(Cl)c2)[C@H](C)C(=O)NC2CCCCC2)c1. The number of carbonyl (C=O) groups is 2. The molecule has 1 saturated carbocycles. The van der Waals surface area contributed by atoms with E-state index in [4.69, 9.17) is 16.3 Å². The van der Waals surface area contributed by atoms with Crippen LogP contribution < -0.4 is 10.1 Å². The number of hydrogen-bond donors (Lipinski definition) is 1. The third kappa shape index (κ3) is 7.00. The van der Waals surface area contributed by atoms with Crippen LogP contribution in [0.25, 0.3) is 0 Å². The van der Waals surface area contributed by atoms with E-state index < -0.39 is 6.04 Å². The summed E-state index contributed by atoms with van der Waals surface area (Å²) in [7, 11) is 0. The van der Waals surface area contributed by atoms with Gasteiger partial charge < -0.3 is 15.0 Å². The standard InChI is InChI=1S/C25H31ClN2O3/c1-18-8-6-13-23(14-18)31-17-24(29)28(16-20-9-7-10-21(26)15-20)19(2)25(30)27-22-11-4-3-5-12-22/h6-10,13-15,19,22H,3-5,11-12,16-17H2,1-2H3,(H,27,30)/t19-/m1/s1. The summed E-state index contributed by atoms with van der Waals surface area (Å²) >= 11 is 6.13. The first kappa shape index (κ1) is 23.1. The zero-order valence-corrected chi connectivity index (χ0v) is 19.0. The van der Waals surface area contributed by atoms with Crippen LogP contribution in [-0.4, -0.2) is 35.4 Å². The van der Waals surface area contributed by atoms with Gasteiger partial charge in [0.15, 0.2) is 6.61 Å². The van der Waals surface area contributed by atoms with E-state index in [1.807, 2.05) is 49.4 Å². The molecule has 0 bridgehead atoms. The molecule has 1 atom stereocenters. The number of halogens is 1. The van der Waals surface area contributed by atoms with E-state index in [-0.39, 0.29) is 31.0 Å². The fraction of sp³-hybridized carbons (Fsp3) is 0.440. The van der Waals surface area contributed by atoms with E-state index in [1.165, 1.54) is 6.42 Å². The van der Waals surface area contributed by atoms with Gasteiger partial charge in [0.2, 0.25) is 5.91 Å². The predicted octanol–water partition coefficient (Wildman–Crippen LogP) is 4.89. The van der Waals surface area contributed by atoms with Crippen LogP contribution in [-0.2, 0) is 16.1 Å². The van der Waals surface area contributed by atoms with Crippen LogP contribution in [0.3, 0.4) is 0 Å². The number of hydrogen-bond acceptors (Lipinski definition) is 3. The Morgan fingerprint density at radius 3 is 2.58 bits per heavy atom. The first-order valence-corrected chi connectivity index (χ1v) is 11.3. The summed E-state index contributed by atoms with van der Waals surface area (Å²) in [4.78, 5) is 27.6. The molecule has 0 heterocycles. The molecule has 5 nitrogen and oxygen atoms in total. The summed E-state index contributed by atoms with van der Waals surface area (Å²) in [6.45, 7) is 3.89. The number of amides is 2. The van der Waals surface area contributed by atoms with Gasteiger partial charge in [-0.2, -0.15) is 0 Å². The molecule has 1 fully saturated rings. The Balaban J connectivity index is 1.70. The predicted molar refractivity (Wildman–Crippen MR) is 123 cm³/mol. The number of rotatable bonds is 8. The van der Waals surface area contributed by atoms with Gasteiger partial charge in [0.1, 0.15) is 11.8 Å². The van der Waals surface area contributed by atoms with Crippen LogP contribution in [0.2, 0.25) is 5.02 Å². The zero-order valence-electron chi connectivity index (χ0n) is 18.3. The van der Waals surface area contributed by atoms with E-state index in [2.05, 4.69) is 5.32 Å². The van der Waals surface area contributed by atoms with Crippen LogP contribution in [0.15, 0.2) is 48.5 Å². The van der Waals surface area contributed by atoms with Crippen molar-refractivity contribution in [2.45, 2.75) is 64.6 Å². The second kappa shape index (κ2) is 11.2. The molecule has 3 rings (SSSR count). The van der Waals surface area contributed by atoms with Crippen molar-refractivity contribution in [1.29, 1.82) is 0 Å². The second-order valence-electron chi connectivity index (χ2n) is 8.28. The Labute approximate surface area is 189 Å². The van der Waals surface area contributed by atoms with Crippen LogP contribution in [0, 0.1) is 6.92 Å². The van der Waals surface area contributed by atoms with Gasteiger partial charge in [-0.15, -0.1) is 0 Å². The number of ether oxygens (including phenoxy) is 1. The highest BCUT2D eigenvalue weighted by molar-refractivity contribution is 6.30. The fourth-order valence-corrected chi connectivity index (χ4v) is 4.13. The molecule has 2 aromatic carbocycles. The molecule has 1 aliphatic rings.